The number of carbonyl (C=O) groups excluding carboxylic acids is 2. The molecular weight excluding hydrogens is 299 g/mol. The van der Waals surface area contributed by atoms with Crippen LogP contribution < -0.4 is 15.0 Å². The fourth-order valence-electron chi connectivity index (χ4n) is 2.39. The quantitative estimate of drug-likeness (QED) is 0.946. The van der Waals surface area contributed by atoms with Gasteiger partial charge >= 0.3 is 0 Å². The number of anilines is 2. The van der Waals surface area contributed by atoms with E-state index in [9.17, 15) is 14.0 Å². The molecule has 0 atom stereocenters. The first-order valence-corrected chi connectivity index (χ1v) is 7.10. The predicted octanol–water partition coefficient (Wildman–Crippen LogP) is 2.36. The largest absolute Gasteiger partial charge is 0.482 e. The maximum Gasteiger partial charge on any atom is 0.264 e. The summed E-state index contributed by atoms with van der Waals surface area (Å²) in [5, 5.41) is 2.74. The van der Waals surface area contributed by atoms with Gasteiger partial charge in [0.1, 0.15) is 11.6 Å². The average molecular weight is 314 g/mol. The van der Waals surface area contributed by atoms with Crippen molar-refractivity contribution < 1.29 is 18.7 Å². The number of nitrogens with zero attached hydrogens (tertiary/aromatic N) is 1. The highest BCUT2D eigenvalue weighted by molar-refractivity contribution is 5.99. The molecule has 0 radical (unpaired) electrons. The van der Waals surface area contributed by atoms with Gasteiger partial charge in [-0.2, -0.15) is 0 Å². The second-order valence-corrected chi connectivity index (χ2v) is 5.28. The van der Waals surface area contributed by atoms with E-state index in [2.05, 4.69) is 5.32 Å². The molecule has 6 heteroatoms. The van der Waals surface area contributed by atoms with Gasteiger partial charge in [0, 0.05) is 12.7 Å². The SMILES string of the molecule is CN1C(=O)COc2ccc(NC(=O)Cc3cccc(F)c3)cc21. The second kappa shape index (κ2) is 6.08. The Balaban J connectivity index is 1.73. The number of hydrogen-bond donors (Lipinski definition) is 1. The molecule has 0 aliphatic carbocycles. The lowest BCUT2D eigenvalue weighted by Crippen LogP contribution is -2.35. The minimum Gasteiger partial charge on any atom is -0.482 e. The summed E-state index contributed by atoms with van der Waals surface area (Å²) in [5.74, 6) is -0.196. The van der Waals surface area contributed by atoms with Gasteiger partial charge in [-0.15, -0.1) is 0 Å². The summed E-state index contributed by atoms with van der Waals surface area (Å²) in [7, 11) is 1.65. The van der Waals surface area contributed by atoms with E-state index in [1.165, 1.54) is 17.0 Å². The first kappa shape index (κ1) is 15.0. The molecule has 2 aromatic rings. The zero-order valence-corrected chi connectivity index (χ0v) is 12.5. The molecule has 0 saturated heterocycles. The molecule has 5 nitrogen and oxygen atoms in total. The summed E-state index contributed by atoms with van der Waals surface area (Å²) in [6.45, 7) is 0.00871. The van der Waals surface area contributed by atoms with Crippen LogP contribution in [-0.2, 0) is 16.0 Å². The van der Waals surface area contributed by atoms with E-state index in [0.717, 1.165) is 0 Å². The Hall–Kier alpha value is -2.89. The third kappa shape index (κ3) is 3.31. The van der Waals surface area contributed by atoms with Gasteiger partial charge in [0.2, 0.25) is 5.91 Å². The van der Waals surface area contributed by atoms with Crippen molar-refractivity contribution in [1.29, 1.82) is 0 Å². The lowest BCUT2D eigenvalue weighted by molar-refractivity contribution is -0.121. The van der Waals surface area contributed by atoms with Gasteiger partial charge in [-0.05, 0) is 35.9 Å². The predicted molar refractivity (Wildman–Crippen MR) is 84.1 cm³/mol. The van der Waals surface area contributed by atoms with Crippen LogP contribution in [0.25, 0.3) is 0 Å². The fourth-order valence-corrected chi connectivity index (χ4v) is 2.39. The molecule has 2 aromatic carbocycles. The number of nitrogens with one attached hydrogen (secondary N) is 1. The van der Waals surface area contributed by atoms with Crippen molar-refractivity contribution in [3.8, 4) is 5.75 Å². The normalized spacial score (nSPS) is 13.3. The number of benzene rings is 2. The summed E-state index contributed by atoms with van der Waals surface area (Å²) in [6.07, 6.45) is 0.0696. The van der Waals surface area contributed by atoms with E-state index in [-0.39, 0.29) is 30.7 Å². The van der Waals surface area contributed by atoms with Crippen molar-refractivity contribution in [2.45, 2.75) is 6.42 Å². The Kier molecular flexibility index (Phi) is 3.97. The molecule has 0 unspecified atom stereocenters. The first-order chi connectivity index (χ1) is 11.0. The monoisotopic (exact) mass is 314 g/mol. The van der Waals surface area contributed by atoms with Crippen LogP contribution in [-0.4, -0.2) is 25.5 Å². The molecule has 1 N–H and O–H groups in total. The van der Waals surface area contributed by atoms with E-state index in [4.69, 9.17) is 4.74 Å². The molecule has 1 aliphatic rings. The third-order valence-corrected chi connectivity index (χ3v) is 3.58. The fraction of sp³-hybridized carbons (Fsp3) is 0.176. The van der Waals surface area contributed by atoms with Crippen LogP contribution in [0.4, 0.5) is 15.8 Å². The molecular formula is C17H15FN2O3. The smallest absolute Gasteiger partial charge is 0.264 e. The van der Waals surface area contributed by atoms with Gasteiger partial charge in [0.05, 0.1) is 12.1 Å². The van der Waals surface area contributed by atoms with Gasteiger partial charge in [-0.3, -0.25) is 9.59 Å². The van der Waals surface area contributed by atoms with Gasteiger partial charge in [-0.25, -0.2) is 4.39 Å². The summed E-state index contributed by atoms with van der Waals surface area (Å²) in [4.78, 5) is 25.2. The lowest BCUT2D eigenvalue weighted by Gasteiger charge is -2.26. The van der Waals surface area contributed by atoms with E-state index in [1.807, 2.05) is 0 Å². The zero-order chi connectivity index (χ0) is 16.4. The number of hydrogen-bond acceptors (Lipinski definition) is 3. The van der Waals surface area contributed by atoms with E-state index >= 15 is 0 Å². The molecule has 0 spiro atoms. The lowest BCUT2D eigenvalue weighted by atomic mass is 10.1. The Labute approximate surface area is 132 Å². The summed E-state index contributed by atoms with van der Waals surface area (Å²) < 4.78 is 18.5. The summed E-state index contributed by atoms with van der Waals surface area (Å²) >= 11 is 0. The molecule has 0 aromatic heterocycles. The van der Waals surface area contributed by atoms with Crippen LogP contribution in [0.2, 0.25) is 0 Å². The number of likely N-dealkylation sites (N-methyl/N-ethyl adjacent to an activating group) is 1. The van der Waals surface area contributed by atoms with Gasteiger partial charge in [0.15, 0.2) is 6.61 Å². The highest BCUT2D eigenvalue weighted by Gasteiger charge is 2.22. The minimum atomic E-state index is -0.374. The number of ether oxygens (including phenoxy) is 1. The van der Waals surface area contributed by atoms with Gasteiger partial charge in [0.25, 0.3) is 5.91 Å². The zero-order valence-electron chi connectivity index (χ0n) is 12.5. The van der Waals surface area contributed by atoms with Crippen LogP contribution in [0.1, 0.15) is 5.56 Å². The van der Waals surface area contributed by atoms with Crippen LogP contribution >= 0.6 is 0 Å². The molecule has 23 heavy (non-hydrogen) atoms. The van der Waals surface area contributed by atoms with E-state index in [0.29, 0.717) is 22.7 Å². The van der Waals surface area contributed by atoms with Crippen molar-refractivity contribution in [3.05, 3.63) is 53.8 Å². The second-order valence-electron chi connectivity index (χ2n) is 5.28. The maximum absolute atomic E-state index is 13.1. The molecule has 118 valence electrons. The van der Waals surface area contributed by atoms with Gasteiger partial charge < -0.3 is 15.0 Å². The topological polar surface area (TPSA) is 58.6 Å². The Morgan fingerprint density at radius 2 is 2.13 bits per heavy atom. The Morgan fingerprint density at radius 1 is 1.30 bits per heavy atom. The summed E-state index contributed by atoms with van der Waals surface area (Å²) in [5.41, 5.74) is 1.75. The minimum absolute atomic E-state index is 0.00871. The van der Waals surface area contributed by atoms with E-state index < -0.39 is 0 Å². The molecule has 1 heterocycles. The summed E-state index contributed by atoms with van der Waals surface area (Å²) in [6, 6.07) is 11.0. The third-order valence-electron chi connectivity index (χ3n) is 3.58. The van der Waals surface area contributed by atoms with Crippen LogP contribution in [0, 0.1) is 5.82 Å². The Bertz CT molecular complexity index is 776. The van der Waals surface area contributed by atoms with Crippen LogP contribution in [0.5, 0.6) is 5.75 Å². The van der Waals surface area contributed by atoms with E-state index in [1.54, 1.807) is 37.4 Å². The number of halogens is 1. The Morgan fingerprint density at radius 3 is 2.91 bits per heavy atom. The molecule has 0 fully saturated rings. The van der Waals surface area contributed by atoms with Crippen molar-refractivity contribution >= 4 is 23.2 Å². The highest BCUT2D eigenvalue weighted by atomic mass is 19.1. The van der Waals surface area contributed by atoms with Crippen molar-refractivity contribution in [3.63, 3.8) is 0 Å². The average Bonchev–Trinajstić information content (AvgIpc) is 2.51. The number of fused-ring (bicyclic) bond motifs is 1. The number of amides is 2. The first-order valence-electron chi connectivity index (χ1n) is 7.10. The van der Waals surface area contributed by atoms with Crippen LogP contribution in [0.3, 0.4) is 0 Å². The molecule has 0 bridgehead atoms. The number of carbonyl (C=O) groups is 2. The van der Waals surface area contributed by atoms with Crippen molar-refractivity contribution in [2.24, 2.45) is 0 Å². The van der Waals surface area contributed by atoms with Gasteiger partial charge in [-0.1, -0.05) is 12.1 Å². The molecule has 3 rings (SSSR count). The maximum atomic E-state index is 13.1. The molecule has 2 amide bonds. The molecule has 0 saturated carbocycles. The standard InChI is InChI=1S/C17H15FN2O3/c1-20-14-9-13(5-6-15(14)23-10-17(20)22)19-16(21)8-11-3-2-4-12(18)7-11/h2-7,9H,8,10H2,1H3,(H,19,21). The molecule has 1 aliphatic heterocycles. The van der Waals surface area contributed by atoms with Crippen molar-refractivity contribution in [1.82, 2.24) is 0 Å². The number of rotatable bonds is 3. The van der Waals surface area contributed by atoms with Crippen LogP contribution in [0.15, 0.2) is 42.5 Å². The highest BCUT2D eigenvalue weighted by Crippen LogP contribution is 2.33. The van der Waals surface area contributed by atoms with Crippen molar-refractivity contribution in [2.75, 3.05) is 23.9 Å².